The number of methoxy groups -OCH3 is 1. The summed E-state index contributed by atoms with van der Waals surface area (Å²) in [6.07, 6.45) is 0.608. The van der Waals surface area contributed by atoms with Crippen LogP contribution < -0.4 is 10.5 Å². The molecule has 14 heavy (non-hydrogen) atoms. The van der Waals surface area contributed by atoms with Gasteiger partial charge in [0.2, 0.25) is 0 Å². The van der Waals surface area contributed by atoms with Crippen LogP contribution in [-0.4, -0.2) is 18.8 Å². The summed E-state index contributed by atoms with van der Waals surface area (Å²) >= 11 is 5.97. The minimum Gasteiger partial charge on any atom is -0.507 e. The molecule has 1 rings (SSSR count). The van der Waals surface area contributed by atoms with E-state index < -0.39 is 0 Å². The number of aromatic hydroxyl groups is 1. The molecule has 0 atom stereocenters. The predicted molar refractivity (Wildman–Crippen MR) is 57.2 cm³/mol. The van der Waals surface area contributed by atoms with Crippen molar-refractivity contribution in [2.75, 3.05) is 13.7 Å². The highest BCUT2D eigenvalue weighted by molar-refractivity contribution is 6.32. The molecule has 4 heteroatoms. The third-order valence-corrected chi connectivity index (χ3v) is 2.42. The van der Waals surface area contributed by atoms with Crippen molar-refractivity contribution in [3.05, 3.63) is 22.2 Å². The van der Waals surface area contributed by atoms with Crippen molar-refractivity contribution in [1.29, 1.82) is 0 Å². The van der Waals surface area contributed by atoms with Crippen molar-refractivity contribution in [2.45, 2.75) is 13.3 Å². The number of rotatable bonds is 3. The molecule has 1 aromatic carbocycles. The number of phenols is 1. The van der Waals surface area contributed by atoms with Gasteiger partial charge in [-0.25, -0.2) is 0 Å². The number of halogens is 1. The van der Waals surface area contributed by atoms with Gasteiger partial charge in [-0.2, -0.15) is 0 Å². The van der Waals surface area contributed by atoms with Crippen molar-refractivity contribution >= 4 is 11.6 Å². The molecule has 0 radical (unpaired) electrons. The zero-order valence-corrected chi connectivity index (χ0v) is 9.06. The molecule has 0 saturated carbocycles. The van der Waals surface area contributed by atoms with E-state index in [1.54, 1.807) is 13.0 Å². The van der Waals surface area contributed by atoms with Crippen LogP contribution in [0.1, 0.15) is 11.1 Å². The van der Waals surface area contributed by atoms with E-state index in [2.05, 4.69) is 0 Å². The quantitative estimate of drug-likeness (QED) is 0.810. The summed E-state index contributed by atoms with van der Waals surface area (Å²) in [4.78, 5) is 0. The molecule has 0 fully saturated rings. The summed E-state index contributed by atoms with van der Waals surface area (Å²) < 4.78 is 5.07. The zero-order chi connectivity index (χ0) is 10.7. The molecule has 78 valence electrons. The van der Waals surface area contributed by atoms with Gasteiger partial charge in [0.25, 0.3) is 0 Å². The Balaban J connectivity index is 3.25. The largest absolute Gasteiger partial charge is 0.507 e. The minimum absolute atomic E-state index is 0.219. The third-order valence-electron chi connectivity index (χ3n) is 2.14. The van der Waals surface area contributed by atoms with E-state index in [1.807, 2.05) is 0 Å². The maximum Gasteiger partial charge on any atom is 0.144 e. The lowest BCUT2D eigenvalue weighted by molar-refractivity contribution is 0.401. The second-order valence-electron chi connectivity index (χ2n) is 3.06. The fourth-order valence-electron chi connectivity index (χ4n) is 1.41. The highest BCUT2D eigenvalue weighted by atomic mass is 35.5. The maximum atomic E-state index is 9.77. The molecule has 0 aliphatic rings. The second kappa shape index (κ2) is 4.53. The van der Waals surface area contributed by atoms with Crippen LogP contribution in [0.4, 0.5) is 0 Å². The van der Waals surface area contributed by atoms with Gasteiger partial charge in [-0.1, -0.05) is 11.6 Å². The van der Waals surface area contributed by atoms with E-state index in [0.717, 1.165) is 5.56 Å². The highest BCUT2D eigenvalue weighted by Gasteiger charge is 2.13. The lowest BCUT2D eigenvalue weighted by atomic mass is 10.1. The summed E-state index contributed by atoms with van der Waals surface area (Å²) in [5, 5.41) is 10.3. The first-order valence-corrected chi connectivity index (χ1v) is 4.74. The van der Waals surface area contributed by atoms with Gasteiger partial charge in [0.15, 0.2) is 0 Å². The Morgan fingerprint density at radius 2 is 2.21 bits per heavy atom. The Morgan fingerprint density at radius 3 is 2.71 bits per heavy atom. The summed E-state index contributed by atoms with van der Waals surface area (Å²) in [5.74, 6) is 0.738. The first-order chi connectivity index (χ1) is 6.61. The average molecular weight is 216 g/mol. The molecule has 0 bridgehead atoms. The van der Waals surface area contributed by atoms with Crippen LogP contribution in [0.15, 0.2) is 6.07 Å². The van der Waals surface area contributed by atoms with Crippen LogP contribution in [0, 0.1) is 6.92 Å². The number of hydrogen-bond acceptors (Lipinski definition) is 3. The standard InChI is InChI=1S/C10H14ClNO2/c1-6-9(13)7(3-4-12)5-8(11)10(6)14-2/h5,13H,3-4,12H2,1-2H3. The summed E-state index contributed by atoms with van der Waals surface area (Å²) in [7, 11) is 1.52. The molecule has 3 N–H and O–H groups in total. The number of ether oxygens (including phenoxy) is 1. The molecule has 0 spiro atoms. The fraction of sp³-hybridized carbons (Fsp3) is 0.400. The summed E-state index contributed by atoms with van der Waals surface area (Å²) in [5.41, 5.74) is 6.83. The van der Waals surface area contributed by atoms with Crippen LogP contribution in [0.2, 0.25) is 5.02 Å². The van der Waals surface area contributed by atoms with Crippen molar-refractivity contribution in [3.8, 4) is 11.5 Å². The van der Waals surface area contributed by atoms with Gasteiger partial charge in [0.1, 0.15) is 11.5 Å². The van der Waals surface area contributed by atoms with Crippen LogP contribution in [-0.2, 0) is 6.42 Å². The lowest BCUT2D eigenvalue weighted by Crippen LogP contribution is -2.04. The van der Waals surface area contributed by atoms with E-state index in [-0.39, 0.29) is 5.75 Å². The van der Waals surface area contributed by atoms with E-state index in [1.165, 1.54) is 7.11 Å². The van der Waals surface area contributed by atoms with Crippen molar-refractivity contribution < 1.29 is 9.84 Å². The summed E-state index contributed by atoms with van der Waals surface area (Å²) in [6.45, 7) is 2.25. The predicted octanol–water partition coefficient (Wildman–Crippen LogP) is 1.86. The molecule has 0 aliphatic carbocycles. The topological polar surface area (TPSA) is 55.5 Å². The Hall–Kier alpha value is -0.930. The van der Waals surface area contributed by atoms with E-state index in [4.69, 9.17) is 22.1 Å². The number of nitrogens with two attached hydrogens (primary N) is 1. The molecular weight excluding hydrogens is 202 g/mol. The molecule has 0 amide bonds. The number of phenolic OH excluding ortho intramolecular Hbond substituents is 1. The van der Waals surface area contributed by atoms with Gasteiger partial charge in [-0.05, 0) is 31.5 Å². The van der Waals surface area contributed by atoms with Gasteiger partial charge in [0, 0.05) is 5.56 Å². The Kier molecular flexibility index (Phi) is 3.61. The van der Waals surface area contributed by atoms with Gasteiger partial charge in [0.05, 0.1) is 12.1 Å². The molecule has 0 heterocycles. The van der Waals surface area contributed by atoms with Gasteiger partial charge in [-0.3, -0.25) is 0 Å². The molecular formula is C10H14ClNO2. The normalized spacial score (nSPS) is 10.3. The molecule has 0 unspecified atom stereocenters. The molecule has 0 saturated heterocycles. The first kappa shape index (κ1) is 11.1. The SMILES string of the molecule is COc1c(Cl)cc(CCN)c(O)c1C. The van der Waals surface area contributed by atoms with E-state index >= 15 is 0 Å². The minimum atomic E-state index is 0.219. The van der Waals surface area contributed by atoms with Gasteiger partial charge in [-0.15, -0.1) is 0 Å². The average Bonchev–Trinajstić information content (AvgIpc) is 2.15. The monoisotopic (exact) mass is 215 g/mol. The van der Waals surface area contributed by atoms with Crippen LogP contribution >= 0.6 is 11.6 Å². The zero-order valence-electron chi connectivity index (χ0n) is 8.30. The Morgan fingerprint density at radius 1 is 1.57 bits per heavy atom. The molecule has 0 aromatic heterocycles. The van der Waals surface area contributed by atoms with E-state index in [9.17, 15) is 5.11 Å². The van der Waals surface area contributed by atoms with Gasteiger partial charge >= 0.3 is 0 Å². The molecule has 0 aliphatic heterocycles. The lowest BCUT2D eigenvalue weighted by Gasteiger charge is -2.12. The second-order valence-corrected chi connectivity index (χ2v) is 3.47. The number of benzene rings is 1. The van der Waals surface area contributed by atoms with Crippen LogP contribution in [0.5, 0.6) is 11.5 Å². The van der Waals surface area contributed by atoms with Gasteiger partial charge < -0.3 is 15.6 Å². The fourth-order valence-corrected chi connectivity index (χ4v) is 1.76. The highest BCUT2D eigenvalue weighted by Crippen LogP contribution is 2.37. The van der Waals surface area contributed by atoms with Crippen molar-refractivity contribution in [1.82, 2.24) is 0 Å². The molecule has 1 aromatic rings. The third kappa shape index (κ3) is 1.94. The molecule has 3 nitrogen and oxygen atoms in total. The van der Waals surface area contributed by atoms with Crippen LogP contribution in [0.3, 0.4) is 0 Å². The first-order valence-electron chi connectivity index (χ1n) is 4.36. The number of hydrogen-bond donors (Lipinski definition) is 2. The van der Waals surface area contributed by atoms with Crippen molar-refractivity contribution in [3.63, 3.8) is 0 Å². The Labute approximate surface area is 88.4 Å². The van der Waals surface area contributed by atoms with Crippen LogP contribution in [0.25, 0.3) is 0 Å². The van der Waals surface area contributed by atoms with Crippen molar-refractivity contribution in [2.24, 2.45) is 5.73 Å². The maximum absolute atomic E-state index is 9.77. The smallest absolute Gasteiger partial charge is 0.144 e. The van der Waals surface area contributed by atoms with E-state index in [0.29, 0.717) is 29.3 Å². The summed E-state index contributed by atoms with van der Waals surface area (Å²) in [6, 6.07) is 1.69. The Bertz CT molecular complexity index is 339.